The number of carbonyl (C=O) groups is 1. The number of Topliss-reactive ketones (excluding diaryl/α,β-unsaturated/α-hetero) is 1. The zero-order valence-electron chi connectivity index (χ0n) is 15.1. The molecule has 0 aliphatic carbocycles. The van der Waals surface area contributed by atoms with Crippen molar-refractivity contribution in [2.45, 2.75) is 33.1 Å². The molecular formula is C19H23Cl2N3O2. The molecule has 0 radical (unpaired) electrons. The van der Waals surface area contributed by atoms with E-state index >= 15 is 0 Å². The monoisotopic (exact) mass is 395 g/mol. The van der Waals surface area contributed by atoms with Gasteiger partial charge in [0.05, 0.1) is 21.4 Å². The summed E-state index contributed by atoms with van der Waals surface area (Å²) in [6, 6.07) is 5.26. The molecular weight excluding hydrogens is 373 g/mol. The van der Waals surface area contributed by atoms with E-state index in [9.17, 15) is 4.79 Å². The summed E-state index contributed by atoms with van der Waals surface area (Å²) >= 11 is 12.1. The van der Waals surface area contributed by atoms with Gasteiger partial charge in [-0.15, -0.1) is 5.10 Å². The quantitative estimate of drug-likeness (QED) is 0.672. The predicted molar refractivity (Wildman–Crippen MR) is 104 cm³/mol. The molecule has 0 spiro atoms. The summed E-state index contributed by atoms with van der Waals surface area (Å²) in [5.41, 5.74) is 1.98. The number of ketones is 1. The maximum absolute atomic E-state index is 12.1. The van der Waals surface area contributed by atoms with E-state index in [1.54, 1.807) is 16.8 Å². The minimum Gasteiger partial charge on any atom is -0.475 e. The molecule has 1 aromatic heterocycles. The topological polar surface area (TPSA) is 47.4 Å². The third-order valence-electron chi connectivity index (χ3n) is 4.68. The van der Waals surface area contributed by atoms with Crippen LogP contribution in [0.2, 0.25) is 10.0 Å². The van der Waals surface area contributed by atoms with Crippen molar-refractivity contribution in [2.24, 2.45) is 0 Å². The Balaban J connectivity index is 1.80. The predicted octanol–water partition coefficient (Wildman–Crippen LogP) is 4.55. The standard InChI is InChI=1S/C19H23Cl2N3O2/c1-13-18(14(2)25)19(26-11-10-23-8-4-3-5-9-23)22-24(13)15-6-7-16(20)17(21)12-15/h6-7,12H,3-5,8-11H2,1-2H3. The SMILES string of the molecule is CC(=O)c1c(OCCN2CCCCC2)nn(-c2ccc(Cl)c(Cl)c2)c1C. The van der Waals surface area contributed by atoms with Gasteiger partial charge in [0.15, 0.2) is 5.78 Å². The van der Waals surface area contributed by atoms with Crippen LogP contribution >= 0.6 is 23.2 Å². The number of nitrogens with zero attached hydrogens (tertiary/aromatic N) is 3. The average Bonchev–Trinajstić information content (AvgIpc) is 2.95. The first-order valence-electron chi connectivity index (χ1n) is 8.88. The third-order valence-corrected chi connectivity index (χ3v) is 5.42. The first-order chi connectivity index (χ1) is 12.5. The number of hydrogen-bond donors (Lipinski definition) is 0. The highest BCUT2D eigenvalue weighted by molar-refractivity contribution is 6.42. The molecule has 0 bridgehead atoms. The van der Waals surface area contributed by atoms with E-state index < -0.39 is 0 Å². The Hall–Kier alpha value is -1.56. The van der Waals surface area contributed by atoms with E-state index in [1.165, 1.54) is 26.2 Å². The third kappa shape index (κ3) is 4.22. The van der Waals surface area contributed by atoms with Gasteiger partial charge in [0.1, 0.15) is 12.2 Å². The van der Waals surface area contributed by atoms with Crippen molar-refractivity contribution in [2.75, 3.05) is 26.2 Å². The molecule has 0 unspecified atom stereocenters. The molecule has 1 saturated heterocycles. The summed E-state index contributed by atoms with van der Waals surface area (Å²) in [4.78, 5) is 14.5. The van der Waals surface area contributed by atoms with Crippen LogP contribution in [0.3, 0.4) is 0 Å². The zero-order chi connectivity index (χ0) is 18.7. The van der Waals surface area contributed by atoms with Crippen LogP contribution in [-0.2, 0) is 0 Å². The lowest BCUT2D eigenvalue weighted by Crippen LogP contribution is -2.33. The minimum absolute atomic E-state index is 0.0678. The van der Waals surface area contributed by atoms with E-state index in [2.05, 4.69) is 10.00 Å². The van der Waals surface area contributed by atoms with Crippen LogP contribution in [0.4, 0.5) is 0 Å². The fourth-order valence-corrected chi connectivity index (χ4v) is 3.60. The first kappa shape index (κ1) is 19.2. The van der Waals surface area contributed by atoms with Crippen molar-refractivity contribution < 1.29 is 9.53 Å². The molecule has 5 nitrogen and oxygen atoms in total. The van der Waals surface area contributed by atoms with Crippen LogP contribution in [0.25, 0.3) is 5.69 Å². The zero-order valence-corrected chi connectivity index (χ0v) is 16.6. The fourth-order valence-electron chi connectivity index (χ4n) is 3.31. The second kappa shape index (κ2) is 8.42. The summed E-state index contributed by atoms with van der Waals surface area (Å²) in [6.07, 6.45) is 3.78. The van der Waals surface area contributed by atoms with Gasteiger partial charge in [-0.3, -0.25) is 9.69 Å². The number of carbonyl (C=O) groups excluding carboxylic acids is 1. The Bertz CT molecular complexity index is 798. The van der Waals surface area contributed by atoms with Crippen LogP contribution in [0.1, 0.15) is 42.2 Å². The van der Waals surface area contributed by atoms with Gasteiger partial charge in [0.2, 0.25) is 5.88 Å². The Morgan fingerprint density at radius 1 is 1.19 bits per heavy atom. The van der Waals surface area contributed by atoms with Crippen LogP contribution < -0.4 is 4.74 Å². The van der Waals surface area contributed by atoms with Gasteiger partial charge in [-0.1, -0.05) is 29.6 Å². The van der Waals surface area contributed by atoms with E-state index in [1.807, 2.05) is 13.0 Å². The molecule has 2 heterocycles. The normalized spacial score (nSPS) is 15.2. The van der Waals surface area contributed by atoms with Gasteiger partial charge in [0, 0.05) is 6.54 Å². The summed E-state index contributed by atoms with van der Waals surface area (Å²) < 4.78 is 7.56. The Morgan fingerprint density at radius 3 is 2.58 bits per heavy atom. The van der Waals surface area contributed by atoms with Crippen molar-refractivity contribution in [3.05, 3.63) is 39.5 Å². The van der Waals surface area contributed by atoms with Gasteiger partial charge in [-0.05, 0) is 58.0 Å². The lowest BCUT2D eigenvalue weighted by atomic mass is 10.1. The number of aromatic nitrogens is 2. The van der Waals surface area contributed by atoms with E-state index in [0.29, 0.717) is 28.1 Å². The van der Waals surface area contributed by atoms with Crippen molar-refractivity contribution in [1.82, 2.24) is 14.7 Å². The van der Waals surface area contributed by atoms with Crippen molar-refractivity contribution in [3.63, 3.8) is 0 Å². The maximum Gasteiger partial charge on any atom is 0.244 e. The number of likely N-dealkylation sites (tertiary alicyclic amines) is 1. The first-order valence-corrected chi connectivity index (χ1v) is 9.64. The summed E-state index contributed by atoms with van der Waals surface area (Å²) in [5.74, 6) is 0.305. The molecule has 0 saturated carbocycles. The lowest BCUT2D eigenvalue weighted by molar-refractivity contribution is 0.101. The van der Waals surface area contributed by atoms with Gasteiger partial charge >= 0.3 is 0 Å². The molecule has 0 amide bonds. The van der Waals surface area contributed by atoms with Crippen LogP contribution in [0.15, 0.2) is 18.2 Å². The van der Waals surface area contributed by atoms with Gasteiger partial charge < -0.3 is 4.74 Å². The summed E-state index contributed by atoms with van der Waals surface area (Å²) in [6.45, 7) is 6.96. The Morgan fingerprint density at radius 2 is 1.92 bits per heavy atom. The highest BCUT2D eigenvalue weighted by atomic mass is 35.5. The largest absolute Gasteiger partial charge is 0.475 e. The number of halogens is 2. The molecule has 0 N–H and O–H groups in total. The Kier molecular flexibility index (Phi) is 6.22. The highest BCUT2D eigenvalue weighted by Crippen LogP contribution is 2.28. The molecule has 140 valence electrons. The maximum atomic E-state index is 12.1. The van der Waals surface area contributed by atoms with Crippen molar-refractivity contribution in [3.8, 4) is 11.6 Å². The molecule has 2 aromatic rings. The number of benzene rings is 1. The second-order valence-corrected chi connectivity index (χ2v) is 7.40. The number of rotatable bonds is 6. The molecule has 1 aliphatic heterocycles. The molecule has 26 heavy (non-hydrogen) atoms. The Labute approximate surface area is 163 Å². The summed E-state index contributed by atoms with van der Waals surface area (Å²) in [7, 11) is 0. The van der Waals surface area contributed by atoms with Crippen LogP contribution in [0.5, 0.6) is 5.88 Å². The molecule has 7 heteroatoms. The van der Waals surface area contributed by atoms with Crippen molar-refractivity contribution in [1.29, 1.82) is 0 Å². The van der Waals surface area contributed by atoms with E-state index in [4.69, 9.17) is 27.9 Å². The smallest absolute Gasteiger partial charge is 0.244 e. The van der Waals surface area contributed by atoms with Gasteiger partial charge in [-0.2, -0.15) is 0 Å². The van der Waals surface area contributed by atoms with Gasteiger partial charge in [-0.25, -0.2) is 4.68 Å². The van der Waals surface area contributed by atoms with E-state index in [0.717, 1.165) is 31.0 Å². The second-order valence-electron chi connectivity index (χ2n) is 6.58. The summed E-state index contributed by atoms with van der Waals surface area (Å²) in [5, 5.41) is 5.43. The van der Waals surface area contributed by atoms with Gasteiger partial charge in [0.25, 0.3) is 0 Å². The molecule has 0 atom stereocenters. The number of piperidine rings is 1. The molecule has 1 aliphatic rings. The molecule has 1 aromatic carbocycles. The highest BCUT2D eigenvalue weighted by Gasteiger charge is 2.21. The number of hydrogen-bond acceptors (Lipinski definition) is 4. The average molecular weight is 396 g/mol. The van der Waals surface area contributed by atoms with Crippen molar-refractivity contribution >= 4 is 29.0 Å². The minimum atomic E-state index is -0.0678. The van der Waals surface area contributed by atoms with Crippen LogP contribution in [-0.4, -0.2) is 46.7 Å². The molecule has 1 fully saturated rings. The van der Waals surface area contributed by atoms with E-state index in [-0.39, 0.29) is 5.78 Å². The molecule has 3 rings (SSSR count). The fraction of sp³-hybridized carbons (Fsp3) is 0.474. The number of ether oxygens (including phenoxy) is 1. The van der Waals surface area contributed by atoms with Crippen LogP contribution in [0, 0.1) is 6.92 Å². The lowest BCUT2D eigenvalue weighted by Gasteiger charge is -2.25.